The van der Waals surface area contributed by atoms with Gasteiger partial charge in [-0.05, 0) is 12.5 Å². The lowest BCUT2D eigenvalue weighted by Gasteiger charge is -2.05. The predicted octanol–water partition coefficient (Wildman–Crippen LogP) is 1.47. The second kappa shape index (κ2) is 4.24. The summed E-state index contributed by atoms with van der Waals surface area (Å²) >= 11 is 0. The van der Waals surface area contributed by atoms with E-state index in [0.717, 1.165) is 5.56 Å². The van der Waals surface area contributed by atoms with Crippen molar-refractivity contribution in [3.8, 4) is 6.01 Å². The van der Waals surface area contributed by atoms with Crippen LogP contribution in [0, 0.1) is 6.92 Å². The van der Waals surface area contributed by atoms with E-state index in [1.165, 1.54) is 0 Å². The maximum Gasteiger partial charge on any atom is 0.296 e. The predicted molar refractivity (Wildman–Crippen MR) is 71.7 cm³/mol. The van der Waals surface area contributed by atoms with Crippen molar-refractivity contribution in [2.45, 2.75) is 13.5 Å². The van der Waals surface area contributed by atoms with Gasteiger partial charge in [-0.3, -0.25) is 4.57 Å². The van der Waals surface area contributed by atoms with Crippen molar-refractivity contribution in [1.29, 1.82) is 0 Å². The molecule has 0 unspecified atom stereocenters. The van der Waals surface area contributed by atoms with Crippen molar-refractivity contribution in [3.63, 3.8) is 0 Å². The molecule has 0 bridgehead atoms. The molecule has 0 fully saturated rings. The Hall–Kier alpha value is -2.63. The van der Waals surface area contributed by atoms with Gasteiger partial charge in [0.25, 0.3) is 6.01 Å². The summed E-state index contributed by atoms with van der Waals surface area (Å²) in [5.41, 5.74) is 7.82. The molecule has 0 saturated heterocycles. The fourth-order valence-electron chi connectivity index (χ4n) is 2.04. The van der Waals surface area contributed by atoms with Gasteiger partial charge in [-0.2, -0.15) is 4.98 Å². The lowest BCUT2D eigenvalue weighted by Crippen LogP contribution is -2.03. The Morgan fingerprint density at radius 1 is 1.16 bits per heavy atom. The van der Waals surface area contributed by atoms with Crippen LogP contribution in [0.25, 0.3) is 11.2 Å². The molecule has 3 N–H and O–H groups in total. The van der Waals surface area contributed by atoms with E-state index in [1.54, 1.807) is 11.5 Å². The average Bonchev–Trinajstić information content (AvgIpc) is 2.69. The summed E-state index contributed by atoms with van der Waals surface area (Å²) in [5.74, 6) is 0.837. The Bertz CT molecular complexity index is 736. The first-order chi connectivity index (χ1) is 9.15. The molecule has 0 aliphatic carbocycles. The van der Waals surface area contributed by atoms with E-state index < -0.39 is 0 Å². The van der Waals surface area contributed by atoms with Crippen molar-refractivity contribution in [2.75, 3.05) is 5.73 Å². The van der Waals surface area contributed by atoms with Gasteiger partial charge >= 0.3 is 0 Å². The SMILES string of the molecule is Cc1nc(N)c2nc(O)n(Cc3ccccc3)c2n1. The maximum absolute atomic E-state index is 9.94. The Labute approximate surface area is 109 Å². The Morgan fingerprint density at radius 2 is 1.89 bits per heavy atom. The highest BCUT2D eigenvalue weighted by molar-refractivity contribution is 5.82. The molecule has 1 aromatic carbocycles. The lowest BCUT2D eigenvalue weighted by atomic mass is 10.2. The molecule has 2 aromatic heterocycles. The molecule has 6 nitrogen and oxygen atoms in total. The second-order valence-corrected chi connectivity index (χ2v) is 4.31. The van der Waals surface area contributed by atoms with Gasteiger partial charge in [0.2, 0.25) is 0 Å². The standard InChI is InChI=1S/C13H13N5O/c1-8-15-11(14)10-12(16-8)18(13(19)17-10)7-9-5-3-2-4-6-9/h2-6H,7H2,1H3,(H,17,19)(H2,14,15,16). The van der Waals surface area contributed by atoms with Crippen LogP contribution in [0.15, 0.2) is 30.3 Å². The Morgan fingerprint density at radius 3 is 2.63 bits per heavy atom. The van der Waals surface area contributed by atoms with Gasteiger partial charge in [-0.25, -0.2) is 9.97 Å². The quantitative estimate of drug-likeness (QED) is 0.723. The van der Waals surface area contributed by atoms with Crippen LogP contribution in [-0.4, -0.2) is 24.6 Å². The van der Waals surface area contributed by atoms with E-state index in [4.69, 9.17) is 5.73 Å². The van der Waals surface area contributed by atoms with Crippen LogP contribution in [0.1, 0.15) is 11.4 Å². The molecule has 0 saturated carbocycles. The topological polar surface area (TPSA) is 89.9 Å². The van der Waals surface area contributed by atoms with Gasteiger partial charge in [0.05, 0.1) is 6.54 Å². The molecule has 0 spiro atoms. The fourth-order valence-corrected chi connectivity index (χ4v) is 2.04. The highest BCUT2D eigenvalue weighted by atomic mass is 16.3. The van der Waals surface area contributed by atoms with E-state index in [-0.39, 0.29) is 11.8 Å². The largest absolute Gasteiger partial charge is 0.480 e. The van der Waals surface area contributed by atoms with Crippen molar-refractivity contribution < 1.29 is 5.11 Å². The first-order valence-corrected chi connectivity index (χ1v) is 5.88. The minimum absolute atomic E-state index is 0.106. The van der Waals surface area contributed by atoms with Crippen LogP contribution < -0.4 is 5.73 Å². The molecular formula is C13H13N5O. The van der Waals surface area contributed by atoms with E-state index in [9.17, 15) is 5.11 Å². The number of hydrogen-bond acceptors (Lipinski definition) is 5. The monoisotopic (exact) mass is 255 g/mol. The number of fused-ring (bicyclic) bond motifs is 1. The van der Waals surface area contributed by atoms with E-state index >= 15 is 0 Å². The summed E-state index contributed by atoms with van der Waals surface area (Å²) in [5, 5.41) is 9.94. The van der Waals surface area contributed by atoms with Gasteiger partial charge < -0.3 is 10.8 Å². The van der Waals surface area contributed by atoms with E-state index in [0.29, 0.717) is 23.5 Å². The molecule has 3 rings (SSSR count). The van der Waals surface area contributed by atoms with Crippen molar-refractivity contribution in [3.05, 3.63) is 41.7 Å². The van der Waals surface area contributed by atoms with Gasteiger partial charge in [-0.15, -0.1) is 0 Å². The van der Waals surface area contributed by atoms with Gasteiger partial charge in [0.15, 0.2) is 17.0 Å². The van der Waals surface area contributed by atoms with Crippen LogP contribution in [0.5, 0.6) is 6.01 Å². The third-order valence-electron chi connectivity index (χ3n) is 2.90. The Balaban J connectivity index is 2.15. The maximum atomic E-state index is 9.94. The number of aromatic hydroxyl groups is 1. The van der Waals surface area contributed by atoms with Crippen LogP contribution in [0.2, 0.25) is 0 Å². The number of rotatable bonds is 2. The van der Waals surface area contributed by atoms with Crippen molar-refractivity contribution in [2.24, 2.45) is 0 Å². The number of imidazole rings is 1. The summed E-state index contributed by atoms with van der Waals surface area (Å²) < 4.78 is 1.62. The van der Waals surface area contributed by atoms with Crippen LogP contribution in [0.4, 0.5) is 5.82 Å². The minimum atomic E-state index is -0.106. The van der Waals surface area contributed by atoms with E-state index in [1.807, 2.05) is 30.3 Å². The zero-order valence-corrected chi connectivity index (χ0v) is 10.4. The Kier molecular flexibility index (Phi) is 2.56. The molecule has 0 aliphatic heterocycles. The van der Waals surface area contributed by atoms with Crippen LogP contribution in [0.3, 0.4) is 0 Å². The smallest absolute Gasteiger partial charge is 0.296 e. The molecule has 0 amide bonds. The van der Waals surface area contributed by atoms with E-state index in [2.05, 4.69) is 15.0 Å². The molecule has 0 radical (unpaired) electrons. The summed E-state index contributed by atoms with van der Waals surface area (Å²) in [4.78, 5) is 12.4. The number of nitrogens with zero attached hydrogens (tertiary/aromatic N) is 4. The van der Waals surface area contributed by atoms with Crippen molar-refractivity contribution in [1.82, 2.24) is 19.5 Å². The van der Waals surface area contributed by atoms with Crippen LogP contribution in [-0.2, 0) is 6.54 Å². The first-order valence-electron chi connectivity index (χ1n) is 5.88. The molecule has 0 atom stereocenters. The molecule has 0 aliphatic rings. The number of benzene rings is 1. The zero-order valence-electron chi connectivity index (χ0n) is 10.4. The first kappa shape index (κ1) is 11.5. The summed E-state index contributed by atoms with van der Waals surface area (Å²) in [6, 6.07) is 9.68. The van der Waals surface area contributed by atoms with Gasteiger partial charge in [0.1, 0.15) is 5.82 Å². The molecule has 3 aromatic rings. The lowest BCUT2D eigenvalue weighted by molar-refractivity contribution is 0.408. The highest BCUT2D eigenvalue weighted by Crippen LogP contribution is 2.23. The molecule has 19 heavy (non-hydrogen) atoms. The minimum Gasteiger partial charge on any atom is -0.480 e. The normalized spacial score (nSPS) is 11.0. The average molecular weight is 255 g/mol. The molecule has 2 heterocycles. The summed E-state index contributed by atoms with van der Waals surface area (Å²) in [6.07, 6.45) is 0. The summed E-state index contributed by atoms with van der Waals surface area (Å²) in [6.45, 7) is 2.24. The number of aromatic nitrogens is 4. The number of nitrogens with two attached hydrogens (primary N) is 1. The molecule has 96 valence electrons. The zero-order chi connectivity index (χ0) is 13.4. The number of hydrogen-bond donors (Lipinski definition) is 2. The van der Waals surface area contributed by atoms with Crippen LogP contribution >= 0.6 is 0 Å². The highest BCUT2D eigenvalue weighted by Gasteiger charge is 2.15. The van der Waals surface area contributed by atoms with Crippen molar-refractivity contribution >= 4 is 17.0 Å². The number of nitrogen functional groups attached to an aromatic ring is 1. The molecule has 6 heteroatoms. The number of aryl methyl sites for hydroxylation is 1. The van der Waals surface area contributed by atoms with Gasteiger partial charge in [-0.1, -0.05) is 30.3 Å². The van der Waals surface area contributed by atoms with Gasteiger partial charge in [0, 0.05) is 0 Å². The fraction of sp³-hybridized carbons (Fsp3) is 0.154. The third-order valence-corrected chi connectivity index (χ3v) is 2.90. The summed E-state index contributed by atoms with van der Waals surface area (Å²) in [7, 11) is 0. The second-order valence-electron chi connectivity index (χ2n) is 4.31. The number of anilines is 1. The third kappa shape index (κ3) is 1.97. The molecular weight excluding hydrogens is 242 g/mol.